The number of esters is 1. The van der Waals surface area contributed by atoms with Crippen LogP contribution < -0.4 is 0 Å². The van der Waals surface area contributed by atoms with E-state index in [4.69, 9.17) is 4.74 Å². The van der Waals surface area contributed by atoms with E-state index in [0.29, 0.717) is 18.4 Å². The Kier molecular flexibility index (Phi) is 3.87. The molecule has 1 fully saturated rings. The molecule has 122 valence electrons. The molecule has 1 aromatic carbocycles. The van der Waals surface area contributed by atoms with Crippen LogP contribution in [0.4, 0.5) is 13.2 Å². The highest BCUT2D eigenvalue weighted by molar-refractivity contribution is 5.92. The fraction of sp³-hybridized carbons (Fsp3) is 0.375. The fourth-order valence-corrected chi connectivity index (χ4v) is 2.48. The Bertz CT molecular complexity index is 719. The van der Waals surface area contributed by atoms with Crippen molar-refractivity contribution in [3.8, 4) is 11.3 Å². The van der Waals surface area contributed by atoms with Gasteiger partial charge in [0.1, 0.15) is 11.3 Å². The number of rotatable bonds is 4. The topological polar surface area (TPSA) is 44.1 Å². The van der Waals surface area contributed by atoms with Gasteiger partial charge in [-0.2, -0.15) is 18.3 Å². The van der Waals surface area contributed by atoms with Crippen LogP contribution in [-0.4, -0.2) is 22.4 Å². The van der Waals surface area contributed by atoms with Gasteiger partial charge in [-0.25, -0.2) is 4.79 Å². The Morgan fingerprint density at radius 2 is 1.96 bits per heavy atom. The molecule has 4 nitrogen and oxygen atoms in total. The molecular weight excluding hydrogens is 309 g/mol. The van der Waals surface area contributed by atoms with Crippen molar-refractivity contribution >= 4 is 5.97 Å². The van der Waals surface area contributed by atoms with Crippen molar-refractivity contribution in [3.63, 3.8) is 0 Å². The number of hydrogen-bond donors (Lipinski definition) is 0. The van der Waals surface area contributed by atoms with E-state index >= 15 is 0 Å². The molecule has 1 heterocycles. The van der Waals surface area contributed by atoms with Gasteiger partial charge in [0.15, 0.2) is 5.69 Å². The minimum absolute atomic E-state index is 0.00659. The lowest BCUT2D eigenvalue weighted by Gasteiger charge is -2.11. The third-order valence-electron chi connectivity index (χ3n) is 3.60. The van der Waals surface area contributed by atoms with Gasteiger partial charge in [0, 0.05) is 5.56 Å². The Balaban J connectivity index is 2.24. The lowest BCUT2D eigenvalue weighted by molar-refractivity contribution is -0.137. The van der Waals surface area contributed by atoms with E-state index in [1.165, 1.54) is 4.68 Å². The van der Waals surface area contributed by atoms with E-state index in [9.17, 15) is 18.0 Å². The van der Waals surface area contributed by atoms with Gasteiger partial charge in [-0.3, -0.25) is 4.68 Å². The number of alkyl halides is 3. The molecule has 0 unspecified atom stereocenters. The van der Waals surface area contributed by atoms with Gasteiger partial charge in [0.05, 0.1) is 12.6 Å². The molecular formula is C16H15F3N2O2. The summed E-state index contributed by atoms with van der Waals surface area (Å²) in [4.78, 5) is 12.1. The molecule has 2 aromatic rings. The van der Waals surface area contributed by atoms with Crippen molar-refractivity contribution in [2.45, 2.75) is 32.0 Å². The molecule has 1 aromatic heterocycles. The second kappa shape index (κ2) is 5.72. The van der Waals surface area contributed by atoms with Gasteiger partial charge in [0.25, 0.3) is 0 Å². The first-order chi connectivity index (χ1) is 10.9. The van der Waals surface area contributed by atoms with Crippen molar-refractivity contribution in [2.75, 3.05) is 6.61 Å². The highest BCUT2D eigenvalue weighted by Crippen LogP contribution is 2.44. The molecule has 7 heteroatoms. The van der Waals surface area contributed by atoms with Gasteiger partial charge in [0.2, 0.25) is 0 Å². The minimum atomic E-state index is -4.69. The number of hydrogen-bond acceptors (Lipinski definition) is 3. The van der Waals surface area contributed by atoms with Gasteiger partial charge < -0.3 is 4.74 Å². The first-order valence-corrected chi connectivity index (χ1v) is 7.35. The first kappa shape index (κ1) is 15.6. The van der Waals surface area contributed by atoms with Crippen LogP contribution in [0.1, 0.15) is 41.9 Å². The summed E-state index contributed by atoms with van der Waals surface area (Å²) in [7, 11) is 0. The van der Waals surface area contributed by atoms with Gasteiger partial charge >= 0.3 is 12.1 Å². The highest BCUT2D eigenvalue weighted by atomic mass is 19.4. The van der Waals surface area contributed by atoms with Crippen LogP contribution in [0.5, 0.6) is 0 Å². The molecule has 0 aliphatic heterocycles. The number of aromatic nitrogens is 2. The SMILES string of the molecule is CCOC(=O)c1c(C(F)(F)F)c(-c2ccccc2)nn1C1CC1. The second-order valence-electron chi connectivity index (χ2n) is 5.33. The molecule has 0 spiro atoms. The number of benzene rings is 1. The quantitative estimate of drug-likeness (QED) is 0.796. The van der Waals surface area contributed by atoms with Gasteiger partial charge in [-0.15, -0.1) is 0 Å². The summed E-state index contributed by atoms with van der Waals surface area (Å²) in [6, 6.07) is 7.90. The number of halogens is 3. The van der Waals surface area contributed by atoms with Crippen molar-refractivity contribution < 1.29 is 22.7 Å². The van der Waals surface area contributed by atoms with Crippen LogP contribution in [0.2, 0.25) is 0 Å². The molecule has 3 rings (SSSR count). The number of ether oxygens (including phenoxy) is 1. The summed E-state index contributed by atoms with van der Waals surface area (Å²) in [6.45, 7) is 1.56. The molecule has 1 aliphatic carbocycles. The van der Waals surface area contributed by atoms with E-state index in [-0.39, 0.29) is 18.3 Å². The predicted octanol–water partition coefficient (Wildman–Crippen LogP) is 4.08. The summed E-state index contributed by atoms with van der Waals surface area (Å²) in [6.07, 6.45) is -3.28. The van der Waals surface area contributed by atoms with Crippen LogP contribution in [0, 0.1) is 0 Å². The van der Waals surface area contributed by atoms with Crippen molar-refractivity contribution in [1.29, 1.82) is 0 Å². The summed E-state index contributed by atoms with van der Waals surface area (Å²) in [5, 5.41) is 4.11. The maximum Gasteiger partial charge on any atom is 0.420 e. The molecule has 1 saturated carbocycles. The van der Waals surface area contributed by atoms with Crippen LogP contribution >= 0.6 is 0 Å². The molecule has 23 heavy (non-hydrogen) atoms. The zero-order chi connectivity index (χ0) is 16.6. The second-order valence-corrected chi connectivity index (χ2v) is 5.33. The summed E-state index contributed by atoms with van der Waals surface area (Å²) < 4.78 is 46.9. The minimum Gasteiger partial charge on any atom is -0.461 e. The van der Waals surface area contributed by atoms with Gasteiger partial charge in [-0.1, -0.05) is 30.3 Å². The standard InChI is InChI=1S/C16H15F3N2O2/c1-2-23-15(22)14-12(16(17,18)19)13(10-6-4-3-5-7-10)20-21(14)11-8-9-11/h3-7,11H,2,8-9H2,1H3. The lowest BCUT2D eigenvalue weighted by Crippen LogP contribution is -2.18. The Hall–Kier alpha value is -2.31. The molecule has 1 aliphatic rings. The van der Waals surface area contributed by atoms with Crippen LogP contribution in [0.15, 0.2) is 30.3 Å². The maximum atomic E-state index is 13.6. The first-order valence-electron chi connectivity index (χ1n) is 7.35. The maximum absolute atomic E-state index is 13.6. The van der Waals surface area contributed by atoms with Crippen molar-refractivity contribution in [1.82, 2.24) is 9.78 Å². The monoisotopic (exact) mass is 324 g/mol. The van der Waals surface area contributed by atoms with Crippen molar-refractivity contribution in [3.05, 3.63) is 41.6 Å². The van der Waals surface area contributed by atoms with Crippen LogP contribution in [0.25, 0.3) is 11.3 Å². The normalized spacial score (nSPS) is 14.8. The predicted molar refractivity (Wildman–Crippen MR) is 76.9 cm³/mol. The van der Waals surface area contributed by atoms with Crippen LogP contribution in [0.3, 0.4) is 0 Å². The van der Waals surface area contributed by atoms with Crippen LogP contribution in [-0.2, 0) is 10.9 Å². The molecule has 0 saturated heterocycles. The Morgan fingerprint density at radius 1 is 1.30 bits per heavy atom. The zero-order valence-corrected chi connectivity index (χ0v) is 12.4. The number of carbonyl (C=O) groups is 1. The largest absolute Gasteiger partial charge is 0.461 e. The highest BCUT2D eigenvalue weighted by Gasteiger charge is 2.45. The van der Waals surface area contributed by atoms with E-state index in [1.807, 2.05) is 0 Å². The fourth-order valence-electron chi connectivity index (χ4n) is 2.48. The number of nitrogens with zero attached hydrogens (tertiary/aromatic N) is 2. The summed E-state index contributed by atoms with van der Waals surface area (Å²) >= 11 is 0. The molecule has 0 N–H and O–H groups in total. The average Bonchev–Trinajstić information content (AvgIpc) is 3.26. The number of carbonyl (C=O) groups excluding carboxylic acids is 1. The van der Waals surface area contributed by atoms with Gasteiger partial charge in [-0.05, 0) is 19.8 Å². The lowest BCUT2D eigenvalue weighted by atomic mass is 10.1. The molecule has 0 bridgehead atoms. The van der Waals surface area contributed by atoms with E-state index in [1.54, 1.807) is 37.3 Å². The molecule has 0 atom stereocenters. The van der Waals surface area contributed by atoms with E-state index in [0.717, 1.165) is 0 Å². The summed E-state index contributed by atoms with van der Waals surface area (Å²) in [5.74, 6) is -0.985. The molecule has 0 amide bonds. The average molecular weight is 324 g/mol. The van der Waals surface area contributed by atoms with E-state index in [2.05, 4.69) is 5.10 Å². The zero-order valence-electron chi connectivity index (χ0n) is 12.4. The third kappa shape index (κ3) is 2.95. The third-order valence-corrected chi connectivity index (χ3v) is 3.60. The smallest absolute Gasteiger partial charge is 0.420 e. The van der Waals surface area contributed by atoms with E-state index < -0.39 is 23.4 Å². The molecule has 0 radical (unpaired) electrons. The Morgan fingerprint density at radius 3 is 2.48 bits per heavy atom. The summed E-state index contributed by atoms with van der Waals surface area (Å²) in [5.41, 5.74) is -1.42. The van der Waals surface area contributed by atoms with Crippen molar-refractivity contribution in [2.24, 2.45) is 0 Å². The Labute approximate surface area is 130 Å².